The van der Waals surface area contributed by atoms with Gasteiger partial charge in [-0.1, -0.05) is 16.6 Å². The summed E-state index contributed by atoms with van der Waals surface area (Å²) in [6, 6.07) is 5.70. The topological polar surface area (TPSA) is 84.0 Å². The van der Waals surface area contributed by atoms with E-state index in [1.54, 1.807) is 6.07 Å². The summed E-state index contributed by atoms with van der Waals surface area (Å²) in [5, 5.41) is 9.08. The molecular formula is C14H15FN4O2S. The summed E-state index contributed by atoms with van der Waals surface area (Å²) in [6.45, 7) is 2.32. The number of amides is 2. The van der Waals surface area contributed by atoms with Gasteiger partial charge in [-0.2, -0.15) is 0 Å². The number of halogens is 1. The molecule has 0 atom stereocenters. The highest BCUT2D eigenvalue weighted by atomic mass is 32.1. The van der Waals surface area contributed by atoms with E-state index in [0.29, 0.717) is 6.54 Å². The molecule has 0 aliphatic rings. The van der Waals surface area contributed by atoms with E-state index >= 15 is 0 Å². The maximum atomic E-state index is 13.4. The number of nitrogens with one attached hydrogen (secondary N) is 2. The molecule has 0 saturated heterocycles. The first-order chi connectivity index (χ1) is 10.6. The Bertz CT molecular complexity index is 674. The fourth-order valence-electron chi connectivity index (χ4n) is 1.71. The monoisotopic (exact) mass is 322 g/mol. The van der Waals surface area contributed by atoms with Gasteiger partial charge in [-0.3, -0.25) is 9.59 Å². The number of hydrogen-bond donors (Lipinski definition) is 2. The van der Waals surface area contributed by atoms with Crippen molar-refractivity contribution in [2.24, 2.45) is 0 Å². The molecule has 1 aromatic heterocycles. The highest BCUT2D eigenvalue weighted by molar-refractivity contribution is 7.05. The summed E-state index contributed by atoms with van der Waals surface area (Å²) in [7, 11) is 0. The molecule has 22 heavy (non-hydrogen) atoms. The van der Waals surface area contributed by atoms with Gasteiger partial charge in [0.15, 0.2) is 0 Å². The molecule has 0 bridgehead atoms. The highest BCUT2D eigenvalue weighted by Gasteiger charge is 2.11. The number of aryl methyl sites for hydroxylation is 1. The van der Waals surface area contributed by atoms with E-state index in [1.807, 2.05) is 6.92 Å². The van der Waals surface area contributed by atoms with E-state index in [2.05, 4.69) is 20.2 Å². The number of nitrogens with zero attached hydrogens (tertiary/aromatic N) is 2. The van der Waals surface area contributed by atoms with Crippen LogP contribution in [0.25, 0.3) is 0 Å². The molecule has 2 aromatic rings. The van der Waals surface area contributed by atoms with E-state index in [0.717, 1.165) is 10.6 Å². The lowest BCUT2D eigenvalue weighted by atomic mass is 10.2. The van der Waals surface area contributed by atoms with Gasteiger partial charge >= 0.3 is 0 Å². The molecular weight excluding hydrogens is 307 g/mol. The van der Waals surface area contributed by atoms with Crippen molar-refractivity contribution >= 4 is 23.3 Å². The number of carbonyl (C=O) groups excluding carboxylic acids is 2. The van der Waals surface area contributed by atoms with Gasteiger partial charge in [0.05, 0.1) is 22.7 Å². The molecule has 0 fully saturated rings. The zero-order valence-electron chi connectivity index (χ0n) is 11.9. The van der Waals surface area contributed by atoms with E-state index in [4.69, 9.17) is 0 Å². The van der Waals surface area contributed by atoms with Crippen LogP contribution in [0.3, 0.4) is 0 Å². The summed E-state index contributed by atoms with van der Waals surface area (Å²) in [5.74, 6) is -1.33. The molecule has 0 spiro atoms. The molecule has 8 heteroatoms. The third-order valence-corrected chi connectivity index (χ3v) is 3.77. The van der Waals surface area contributed by atoms with Crippen LogP contribution >= 0.6 is 11.5 Å². The Morgan fingerprint density at radius 2 is 2.05 bits per heavy atom. The third-order valence-electron chi connectivity index (χ3n) is 2.95. The first-order valence-corrected chi connectivity index (χ1v) is 7.42. The maximum absolute atomic E-state index is 13.4. The molecule has 2 rings (SSSR count). The summed E-state index contributed by atoms with van der Waals surface area (Å²) >= 11 is 1.23. The lowest BCUT2D eigenvalue weighted by molar-refractivity contribution is -0.121. The minimum absolute atomic E-state index is 0.0331. The van der Waals surface area contributed by atoms with Crippen LogP contribution in [0.15, 0.2) is 24.3 Å². The van der Waals surface area contributed by atoms with Crippen molar-refractivity contribution in [3.05, 3.63) is 46.2 Å². The second kappa shape index (κ2) is 7.60. The zero-order valence-corrected chi connectivity index (χ0v) is 12.7. The van der Waals surface area contributed by atoms with Crippen LogP contribution in [-0.4, -0.2) is 27.9 Å². The van der Waals surface area contributed by atoms with Crippen molar-refractivity contribution in [2.45, 2.75) is 19.9 Å². The van der Waals surface area contributed by atoms with Gasteiger partial charge in [0, 0.05) is 13.0 Å². The van der Waals surface area contributed by atoms with Gasteiger partial charge in [-0.15, -0.1) is 5.10 Å². The lowest BCUT2D eigenvalue weighted by Gasteiger charge is -2.06. The highest BCUT2D eigenvalue weighted by Crippen LogP contribution is 2.08. The summed E-state index contributed by atoms with van der Waals surface area (Å²) in [4.78, 5) is 24.3. The molecule has 0 unspecified atom stereocenters. The molecule has 1 aromatic carbocycles. The normalized spacial score (nSPS) is 10.3. The van der Waals surface area contributed by atoms with Gasteiger partial charge in [-0.05, 0) is 30.6 Å². The van der Waals surface area contributed by atoms with E-state index in [9.17, 15) is 14.0 Å². The quantitative estimate of drug-likeness (QED) is 0.842. The average molecular weight is 322 g/mol. The van der Waals surface area contributed by atoms with Crippen LogP contribution in [-0.2, 0) is 11.3 Å². The minimum atomic E-state index is -0.586. The summed E-state index contributed by atoms with van der Waals surface area (Å²) in [6.07, 6.45) is 0.117. The van der Waals surface area contributed by atoms with Crippen molar-refractivity contribution in [1.29, 1.82) is 0 Å². The number of benzene rings is 1. The van der Waals surface area contributed by atoms with Gasteiger partial charge < -0.3 is 10.6 Å². The number of rotatable bonds is 6. The predicted molar refractivity (Wildman–Crippen MR) is 79.8 cm³/mol. The first kappa shape index (κ1) is 16.0. The molecule has 1 heterocycles. The molecule has 2 N–H and O–H groups in total. The minimum Gasteiger partial charge on any atom is -0.351 e. The van der Waals surface area contributed by atoms with Crippen LogP contribution in [0.2, 0.25) is 0 Å². The van der Waals surface area contributed by atoms with Crippen molar-refractivity contribution in [2.75, 3.05) is 6.54 Å². The standard InChI is InChI=1S/C14H15FN4O2S/c1-9-12(22-19-18-9)8-17-13(20)6-7-16-14(21)10-4-2-3-5-11(10)15/h2-5H,6-8H2,1H3,(H,16,21)(H,17,20). The molecule has 2 amide bonds. The number of carbonyl (C=O) groups is 2. The van der Waals surface area contributed by atoms with Crippen LogP contribution in [0.5, 0.6) is 0 Å². The fraction of sp³-hybridized carbons (Fsp3) is 0.286. The summed E-state index contributed by atoms with van der Waals surface area (Å²) < 4.78 is 17.2. The number of hydrogen-bond acceptors (Lipinski definition) is 5. The molecule has 6 nitrogen and oxygen atoms in total. The van der Waals surface area contributed by atoms with Crippen molar-refractivity contribution in [1.82, 2.24) is 20.2 Å². The van der Waals surface area contributed by atoms with Crippen LogP contribution < -0.4 is 10.6 Å². The SMILES string of the molecule is Cc1nnsc1CNC(=O)CCNC(=O)c1ccccc1F. The zero-order chi connectivity index (χ0) is 15.9. The van der Waals surface area contributed by atoms with Crippen LogP contribution in [0.4, 0.5) is 4.39 Å². The fourth-order valence-corrected chi connectivity index (χ4v) is 2.28. The molecule has 0 aliphatic heterocycles. The van der Waals surface area contributed by atoms with Gasteiger partial charge in [-0.25, -0.2) is 4.39 Å². The third kappa shape index (κ3) is 4.32. The molecule has 116 valence electrons. The summed E-state index contributed by atoms with van der Waals surface area (Å²) in [5.41, 5.74) is 0.757. The van der Waals surface area contributed by atoms with Gasteiger partial charge in [0.25, 0.3) is 5.91 Å². The van der Waals surface area contributed by atoms with Gasteiger partial charge in [0.2, 0.25) is 5.91 Å². The Labute approximate surface area is 130 Å². The molecule has 0 radical (unpaired) electrons. The van der Waals surface area contributed by atoms with E-state index in [1.165, 1.54) is 29.7 Å². The van der Waals surface area contributed by atoms with E-state index < -0.39 is 11.7 Å². The first-order valence-electron chi connectivity index (χ1n) is 6.65. The van der Waals surface area contributed by atoms with Crippen LogP contribution in [0, 0.1) is 12.7 Å². The maximum Gasteiger partial charge on any atom is 0.254 e. The second-order valence-corrected chi connectivity index (χ2v) is 5.38. The molecule has 0 saturated carbocycles. The second-order valence-electron chi connectivity index (χ2n) is 4.54. The van der Waals surface area contributed by atoms with E-state index in [-0.39, 0.29) is 24.4 Å². The Morgan fingerprint density at radius 3 is 2.73 bits per heavy atom. The predicted octanol–water partition coefficient (Wildman–Crippen LogP) is 1.42. The Kier molecular flexibility index (Phi) is 5.54. The number of aromatic nitrogens is 2. The largest absolute Gasteiger partial charge is 0.351 e. The Hall–Kier alpha value is -2.35. The van der Waals surface area contributed by atoms with Crippen molar-refractivity contribution in [3.63, 3.8) is 0 Å². The Balaban J connectivity index is 1.72. The average Bonchev–Trinajstić information content (AvgIpc) is 2.91. The van der Waals surface area contributed by atoms with Crippen LogP contribution in [0.1, 0.15) is 27.3 Å². The Morgan fingerprint density at radius 1 is 1.27 bits per heavy atom. The molecule has 0 aliphatic carbocycles. The smallest absolute Gasteiger partial charge is 0.254 e. The van der Waals surface area contributed by atoms with Crippen molar-refractivity contribution in [3.8, 4) is 0 Å². The lowest BCUT2D eigenvalue weighted by Crippen LogP contribution is -2.30. The van der Waals surface area contributed by atoms with Gasteiger partial charge in [0.1, 0.15) is 5.82 Å². The van der Waals surface area contributed by atoms with Crippen molar-refractivity contribution < 1.29 is 14.0 Å².